The van der Waals surface area contributed by atoms with Crippen molar-refractivity contribution in [2.45, 2.75) is 40.2 Å². The monoisotopic (exact) mass is 221 g/mol. The summed E-state index contributed by atoms with van der Waals surface area (Å²) >= 11 is 0. The van der Waals surface area contributed by atoms with Crippen molar-refractivity contribution in [2.75, 3.05) is 6.54 Å². The summed E-state index contributed by atoms with van der Waals surface area (Å²) in [5.41, 5.74) is 3.41. The molecule has 1 aliphatic rings. The highest BCUT2D eigenvalue weighted by Gasteiger charge is 2.32. The lowest BCUT2D eigenvalue weighted by Crippen LogP contribution is -2.38. The van der Waals surface area contributed by atoms with Gasteiger partial charge in [-0.2, -0.15) is 0 Å². The molecule has 0 spiro atoms. The van der Waals surface area contributed by atoms with Crippen molar-refractivity contribution in [2.24, 2.45) is 5.41 Å². The predicted octanol–water partition coefficient (Wildman–Crippen LogP) is 3.37. The molecule has 0 bridgehead atoms. The van der Waals surface area contributed by atoms with E-state index in [2.05, 4.69) is 33.0 Å². The third kappa shape index (κ3) is 1.86. The maximum Gasteiger partial charge on any atom is 0.126 e. The second-order valence-corrected chi connectivity index (χ2v) is 5.76. The molecular weight excluding hydrogens is 201 g/mol. The number of rotatable bonds is 0. The molecule has 1 nitrogen and oxygen atoms in total. The van der Waals surface area contributed by atoms with Gasteiger partial charge in [-0.15, -0.1) is 0 Å². The van der Waals surface area contributed by atoms with Crippen molar-refractivity contribution in [3.63, 3.8) is 0 Å². The van der Waals surface area contributed by atoms with Crippen LogP contribution < -0.4 is 5.32 Å². The molecule has 0 aliphatic carbocycles. The molecule has 0 aromatic heterocycles. The van der Waals surface area contributed by atoms with Gasteiger partial charge in [0.05, 0.1) is 0 Å². The van der Waals surface area contributed by atoms with Crippen LogP contribution in [0.3, 0.4) is 0 Å². The lowest BCUT2D eigenvalue weighted by Gasteiger charge is -2.37. The number of aryl methyl sites for hydroxylation is 1. The molecule has 2 heteroatoms. The van der Waals surface area contributed by atoms with Gasteiger partial charge in [0.15, 0.2) is 0 Å². The van der Waals surface area contributed by atoms with Crippen LogP contribution in [0.25, 0.3) is 0 Å². The van der Waals surface area contributed by atoms with Crippen molar-refractivity contribution in [1.82, 2.24) is 5.32 Å². The van der Waals surface area contributed by atoms with Crippen molar-refractivity contribution in [3.8, 4) is 0 Å². The van der Waals surface area contributed by atoms with E-state index in [1.807, 2.05) is 6.07 Å². The number of fused-ring (bicyclic) bond motifs is 1. The Hall–Kier alpha value is -0.890. The molecule has 1 aliphatic heterocycles. The Morgan fingerprint density at radius 2 is 2.00 bits per heavy atom. The van der Waals surface area contributed by atoms with Gasteiger partial charge in [-0.25, -0.2) is 4.39 Å². The van der Waals surface area contributed by atoms with Gasteiger partial charge in [0.2, 0.25) is 0 Å². The highest BCUT2D eigenvalue weighted by molar-refractivity contribution is 5.40. The first-order chi connectivity index (χ1) is 7.41. The Morgan fingerprint density at radius 1 is 1.31 bits per heavy atom. The molecule has 0 amide bonds. The van der Waals surface area contributed by atoms with Crippen LogP contribution in [0.15, 0.2) is 12.1 Å². The first-order valence-corrected chi connectivity index (χ1v) is 5.92. The summed E-state index contributed by atoms with van der Waals surface area (Å²) in [5, 5.41) is 3.52. The standard InChI is InChI=1S/C14H20FN/c1-9-5-6-11(15)10-7-8-16-13(12(9)10)14(2,3)4/h5-6,13,16H,7-8H2,1-4H3. The van der Waals surface area contributed by atoms with Gasteiger partial charge in [-0.1, -0.05) is 26.8 Å². The molecule has 2 rings (SSSR count). The third-order valence-corrected chi connectivity index (χ3v) is 3.40. The third-order valence-electron chi connectivity index (χ3n) is 3.40. The first-order valence-electron chi connectivity index (χ1n) is 5.92. The van der Waals surface area contributed by atoms with Gasteiger partial charge < -0.3 is 5.32 Å². The second-order valence-electron chi connectivity index (χ2n) is 5.76. The lowest BCUT2D eigenvalue weighted by atomic mass is 9.76. The Balaban J connectivity index is 2.58. The lowest BCUT2D eigenvalue weighted by molar-refractivity contribution is 0.261. The van der Waals surface area contributed by atoms with Crippen LogP contribution in [0, 0.1) is 18.2 Å². The largest absolute Gasteiger partial charge is 0.309 e. The predicted molar refractivity (Wildman–Crippen MR) is 65.0 cm³/mol. The Bertz CT molecular complexity index is 404. The molecule has 0 fully saturated rings. The molecule has 1 N–H and O–H groups in total. The van der Waals surface area contributed by atoms with E-state index in [1.165, 1.54) is 11.1 Å². The zero-order chi connectivity index (χ0) is 11.9. The number of halogens is 1. The van der Waals surface area contributed by atoms with Gasteiger partial charge in [0.25, 0.3) is 0 Å². The molecule has 1 aromatic carbocycles. The van der Waals surface area contributed by atoms with Crippen LogP contribution in [0.4, 0.5) is 4.39 Å². The van der Waals surface area contributed by atoms with E-state index in [9.17, 15) is 4.39 Å². The minimum Gasteiger partial charge on any atom is -0.309 e. The fourth-order valence-corrected chi connectivity index (χ4v) is 2.59. The smallest absolute Gasteiger partial charge is 0.126 e. The quantitative estimate of drug-likeness (QED) is 0.708. The summed E-state index contributed by atoms with van der Waals surface area (Å²) in [6.45, 7) is 9.54. The maximum atomic E-state index is 13.8. The maximum absolute atomic E-state index is 13.8. The van der Waals surface area contributed by atoms with E-state index in [-0.39, 0.29) is 17.3 Å². The summed E-state index contributed by atoms with van der Waals surface area (Å²) in [4.78, 5) is 0. The molecule has 88 valence electrons. The average molecular weight is 221 g/mol. The minimum atomic E-state index is -0.0450. The summed E-state index contributed by atoms with van der Waals surface area (Å²) in [5.74, 6) is -0.0450. The van der Waals surface area contributed by atoms with E-state index >= 15 is 0 Å². The van der Waals surface area contributed by atoms with E-state index in [0.29, 0.717) is 0 Å². The van der Waals surface area contributed by atoms with E-state index < -0.39 is 0 Å². The van der Waals surface area contributed by atoms with Crippen LogP contribution >= 0.6 is 0 Å². The van der Waals surface area contributed by atoms with E-state index in [1.54, 1.807) is 6.07 Å². The topological polar surface area (TPSA) is 12.0 Å². The zero-order valence-electron chi connectivity index (χ0n) is 10.5. The summed E-state index contributed by atoms with van der Waals surface area (Å²) in [7, 11) is 0. The van der Waals surface area contributed by atoms with Crippen molar-refractivity contribution < 1.29 is 4.39 Å². The summed E-state index contributed by atoms with van der Waals surface area (Å²) < 4.78 is 13.8. The van der Waals surface area contributed by atoms with Gasteiger partial charge in [-0.3, -0.25) is 0 Å². The number of hydrogen-bond acceptors (Lipinski definition) is 1. The molecule has 0 radical (unpaired) electrons. The van der Waals surface area contributed by atoms with Crippen LogP contribution in [-0.2, 0) is 6.42 Å². The van der Waals surface area contributed by atoms with Gasteiger partial charge in [-0.05, 0) is 48.1 Å². The Morgan fingerprint density at radius 3 is 2.62 bits per heavy atom. The molecule has 1 aromatic rings. The van der Waals surface area contributed by atoms with Crippen LogP contribution in [0.5, 0.6) is 0 Å². The van der Waals surface area contributed by atoms with Gasteiger partial charge in [0.1, 0.15) is 5.82 Å². The number of benzene rings is 1. The van der Waals surface area contributed by atoms with Crippen LogP contribution in [0.2, 0.25) is 0 Å². The Kier molecular flexibility index (Phi) is 2.79. The van der Waals surface area contributed by atoms with Gasteiger partial charge >= 0.3 is 0 Å². The molecule has 0 saturated heterocycles. The number of hydrogen-bond donors (Lipinski definition) is 1. The average Bonchev–Trinajstić information content (AvgIpc) is 2.22. The van der Waals surface area contributed by atoms with Crippen molar-refractivity contribution >= 4 is 0 Å². The molecule has 1 unspecified atom stereocenters. The van der Waals surface area contributed by atoms with Crippen LogP contribution in [0.1, 0.15) is 43.5 Å². The van der Waals surface area contributed by atoms with Crippen molar-refractivity contribution in [3.05, 3.63) is 34.6 Å². The highest BCUT2D eigenvalue weighted by Crippen LogP contribution is 2.39. The molecule has 0 saturated carbocycles. The SMILES string of the molecule is Cc1ccc(F)c2c1C(C(C)(C)C)NCC2. The normalized spacial score (nSPS) is 20.7. The second kappa shape index (κ2) is 3.85. The highest BCUT2D eigenvalue weighted by atomic mass is 19.1. The minimum absolute atomic E-state index is 0.0450. The zero-order valence-corrected chi connectivity index (χ0v) is 10.5. The molecular formula is C14H20FN. The van der Waals surface area contributed by atoms with Crippen LogP contribution in [-0.4, -0.2) is 6.54 Å². The molecule has 1 atom stereocenters. The fraction of sp³-hybridized carbons (Fsp3) is 0.571. The van der Waals surface area contributed by atoms with E-state index in [4.69, 9.17) is 0 Å². The fourth-order valence-electron chi connectivity index (χ4n) is 2.59. The number of nitrogens with one attached hydrogen (secondary N) is 1. The molecule has 16 heavy (non-hydrogen) atoms. The van der Waals surface area contributed by atoms with Crippen molar-refractivity contribution in [1.29, 1.82) is 0 Å². The summed E-state index contributed by atoms with van der Waals surface area (Å²) in [6, 6.07) is 3.74. The van der Waals surface area contributed by atoms with Gasteiger partial charge in [0, 0.05) is 6.04 Å². The Labute approximate surface area is 97.1 Å². The summed E-state index contributed by atoms with van der Waals surface area (Å²) in [6.07, 6.45) is 0.801. The first kappa shape index (κ1) is 11.6. The molecule has 1 heterocycles. The van der Waals surface area contributed by atoms with E-state index in [0.717, 1.165) is 18.5 Å².